The molecular formula is C28H24N2O2. The van der Waals surface area contributed by atoms with Gasteiger partial charge in [0.25, 0.3) is 0 Å². The number of carbonyl (C=O) groups excluding carboxylic acids is 2. The van der Waals surface area contributed by atoms with E-state index < -0.39 is 0 Å². The van der Waals surface area contributed by atoms with Gasteiger partial charge in [0.1, 0.15) is 0 Å². The zero-order valence-electron chi connectivity index (χ0n) is 17.8. The molecule has 158 valence electrons. The molecule has 0 atom stereocenters. The maximum Gasteiger partial charge on any atom is 0.152 e. The van der Waals surface area contributed by atoms with Crippen LogP contribution in [0.15, 0.2) is 85.2 Å². The van der Waals surface area contributed by atoms with Crippen molar-refractivity contribution in [3.63, 3.8) is 0 Å². The minimum Gasteiger partial charge on any atom is -0.346 e. The molecule has 0 aliphatic carbocycles. The minimum atomic E-state index is 0.739. The van der Waals surface area contributed by atoms with E-state index in [-0.39, 0.29) is 0 Å². The van der Waals surface area contributed by atoms with Gasteiger partial charge in [-0.3, -0.25) is 9.59 Å². The van der Waals surface area contributed by atoms with E-state index in [1.165, 1.54) is 11.1 Å². The molecule has 0 bridgehead atoms. The van der Waals surface area contributed by atoms with E-state index in [1.54, 1.807) is 0 Å². The molecule has 0 N–H and O–H groups in total. The first-order chi connectivity index (χ1) is 15.8. The Hall–Kier alpha value is -3.92. The predicted octanol–water partition coefficient (Wildman–Crippen LogP) is 5.71. The van der Waals surface area contributed by atoms with Gasteiger partial charge in [-0.25, -0.2) is 0 Å². The summed E-state index contributed by atoms with van der Waals surface area (Å²) in [6.45, 7) is 1.64. The molecule has 0 aliphatic rings. The van der Waals surface area contributed by atoms with E-state index in [4.69, 9.17) is 0 Å². The predicted molar refractivity (Wildman–Crippen MR) is 129 cm³/mol. The normalized spacial score (nSPS) is 11.2. The Morgan fingerprint density at radius 2 is 1.06 bits per heavy atom. The van der Waals surface area contributed by atoms with E-state index >= 15 is 0 Å². The zero-order valence-corrected chi connectivity index (χ0v) is 17.8. The van der Waals surface area contributed by atoms with Crippen molar-refractivity contribution in [2.24, 2.45) is 0 Å². The van der Waals surface area contributed by atoms with E-state index in [9.17, 15) is 9.59 Å². The van der Waals surface area contributed by atoms with Crippen molar-refractivity contribution in [2.75, 3.05) is 0 Å². The Balaban J connectivity index is 1.31. The lowest BCUT2D eigenvalue weighted by molar-refractivity contribution is 0.111. The smallest absolute Gasteiger partial charge is 0.152 e. The van der Waals surface area contributed by atoms with Crippen molar-refractivity contribution >= 4 is 34.4 Å². The molecule has 0 radical (unpaired) electrons. The number of aldehydes is 2. The van der Waals surface area contributed by atoms with Gasteiger partial charge in [-0.1, -0.05) is 60.7 Å². The molecule has 0 unspecified atom stereocenters. The molecule has 0 aliphatic heterocycles. The van der Waals surface area contributed by atoms with Crippen LogP contribution < -0.4 is 0 Å². The van der Waals surface area contributed by atoms with Crippen LogP contribution in [0, 0.1) is 0 Å². The fourth-order valence-electron chi connectivity index (χ4n) is 4.55. The molecule has 2 aromatic heterocycles. The second-order valence-electron chi connectivity index (χ2n) is 8.15. The molecule has 4 heteroatoms. The first-order valence-electron chi connectivity index (χ1n) is 10.9. The van der Waals surface area contributed by atoms with Gasteiger partial charge in [-0.05, 0) is 36.1 Å². The molecule has 32 heavy (non-hydrogen) atoms. The van der Waals surface area contributed by atoms with Gasteiger partial charge in [0.2, 0.25) is 0 Å². The average Bonchev–Trinajstić information content (AvgIpc) is 3.40. The van der Waals surface area contributed by atoms with E-state index in [1.807, 2.05) is 48.8 Å². The number of aromatic nitrogens is 2. The summed E-state index contributed by atoms with van der Waals surface area (Å²) < 4.78 is 4.33. The lowest BCUT2D eigenvalue weighted by Gasteiger charge is -2.09. The quantitative estimate of drug-likeness (QED) is 0.302. The summed E-state index contributed by atoms with van der Waals surface area (Å²) in [5.41, 5.74) is 6.22. The van der Waals surface area contributed by atoms with E-state index in [0.29, 0.717) is 0 Å². The molecule has 5 rings (SSSR count). The van der Waals surface area contributed by atoms with Gasteiger partial charge >= 0.3 is 0 Å². The molecule has 2 heterocycles. The molecule has 5 aromatic rings. The molecular weight excluding hydrogens is 396 g/mol. The lowest BCUT2D eigenvalue weighted by atomic mass is 10.1. The molecule has 3 aromatic carbocycles. The number of fused-ring (bicyclic) bond motifs is 2. The number of aryl methyl sites for hydroxylation is 4. The first kappa shape index (κ1) is 20.0. The van der Waals surface area contributed by atoms with Crippen molar-refractivity contribution in [3.8, 4) is 0 Å². The van der Waals surface area contributed by atoms with E-state index in [0.717, 1.165) is 71.4 Å². The van der Waals surface area contributed by atoms with Gasteiger partial charge < -0.3 is 9.13 Å². The van der Waals surface area contributed by atoms with Crippen LogP contribution in [0.1, 0.15) is 31.8 Å². The largest absolute Gasteiger partial charge is 0.346 e. The summed E-state index contributed by atoms with van der Waals surface area (Å²) in [4.78, 5) is 22.8. The van der Waals surface area contributed by atoms with Gasteiger partial charge in [0.05, 0.1) is 0 Å². The number of rotatable bonds is 8. The third-order valence-electron chi connectivity index (χ3n) is 6.17. The fraction of sp³-hybridized carbons (Fsp3) is 0.143. The van der Waals surface area contributed by atoms with Crippen molar-refractivity contribution in [3.05, 3.63) is 107 Å². The number of hydrogen-bond acceptors (Lipinski definition) is 2. The highest BCUT2D eigenvalue weighted by atomic mass is 16.1. The van der Waals surface area contributed by atoms with Crippen LogP contribution in [-0.2, 0) is 25.9 Å². The summed E-state index contributed by atoms with van der Waals surface area (Å²) >= 11 is 0. The second kappa shape index (κ2) is 8.67. The average molecular weight is 421 g/mol. The molecule has 0 amide bonds. The highest BCUT2D eigenvalue weighted by Gasteiger charge is 2.09. The molecule has 0 saturated carbocycles. The van der Waals surface area contributed by atoms with Gasteiger partial charge in [0.15, 0.2) is 12.6 Å². The highest BCUT2D eigenvalue weighted by molar-refractivity contribution is 5.98. The van der Waals surface area contributed by atoms with Gasteiger partial charge in [-0.2, -0.15) is 0 Å². The van der Waals surface area contributed by atoms with Crippen molar-refractivity contribution in [1.82, 2.24) is 9.13 Å². The van der Waals surface area contributed by atoms with Crippen LogP contribution in [-0.4, -0.2) is 21.7 Å². The Morgan fingerprint density at radius 3 is 1.53 bits per heavy atom. The standard InChI is InChI=1S/C28H24N2O2/c31-19-23-17-29(27-10-3-1-8-25(23)27)14-12-21-6-5-7-22(16-21)13-15-30-18-24(20-32)26-9-2-4-11-28(26)30/h1-11,16-20H,12-15H2. The zero-order chi connectivity index (χ0) is 21.9. The van der Waals surface area contributed by atoms with Crippen LogP contribution in [0.5, 0.6) is 0 Å². The van der Waals surface area contributed by atoms with Gasteiger partial charge in [0, 0.05) is 58.4 Å². The van der Waals surface area contributed by atoms with Crippen molar-refractivity contribution in [1.29, 1.82) is 0 Å². The number of benzene rings is 3. The molecule has 0 fully saturated rings. The number of carbonyl (C=O) groups is 2. The van der Waals surface area contributed by atoms with Gasteiger partial charge in [-0.15, -0.1) is 0 Å². The number of hydrogen-bond donors (Lipinski definition) is 0. The van der Waals surface area contributed by atoms with Crippen LogP contribution in [0.3, 0.4) is 0 Å². The number of para-hydroxylation sites is 2. The van der Waals surface area contributed by atoms with Crippen molar-refractivity contribution < 1.29 is 9.59 Å². The summed E-state index contributed by atoms with van der Waals surface area (Å²) in [6.07, 6.45) is 7.55. The van der Waals surface area contributed by atoms with Crippen LogP contribution in [0.4, 0.5) is 0 Å². The third-order valence-corrected chi connectivity index (χ3v) is 6.17. The Morgan fingerprint density at radius 1 is 0.594 bits per heavy atom. The van der Waals surface area contributed by atoms with Crippen molar-refractivity contribution in [2.45, 2.75) is 25.9 Å². The fourth-order valence-corrected chi connectivity index (χ4v) is 4.55. The SMILES string of the molecule is O=Cc1cn(CCc2cccc(CCn3cc(C=O)c4ccccc43)c2)c2ccccc12. The van der Waals surface area contributed by atoms with Crippen LogP contribution in [0.2, 0.25) is 0 Å². The highest BCUT2D eigenvalue weighted by Crippen LogP contribution is 2.22. The first-order valence-corrected chi connectivity index (χ1v) is 10.9. The summed E-state index contributed by atoms with van der Waals surface area (Å²) in [7, 11) is 0. The van der Waals surface area contributed by atoms with E-state index in [2.05, 4.69) is 45.5 Å². The topological polar surface area (TPSA) is 44.0 Å². The minimum absolute atomic E-state index is 0.739. The monoisotopic (exact) mass is 420 g/mol. The third kappa shape index (κ3) is 3.76. The Labute approximate surface area is 186 Å². The molecule has 4 nitrogen and oxygen atoms in total. The Kier molecular flexibility index (Phi) is 5.42. The van der Waals surface area contributed by atoms with Crippen LogP contribution >= 0.6 is 0 Å². The lowest BCUT2D eigenvalue weighted by Crippen LogP contribution is -2.02. The molecule has 0 saturated heterocycles. The number of nitrogens with zero attached hydrogens (tertiary/aromatic N) is 2. The maximum atomic E-state index is 11.4. The molecule has 0 spiro atoms. The van der Waals surface area contributed by atoms with Crippen LogP contribution in [0.25, 0.3) is 21.8 Å². The summed E-state index contributed by atoms with van der Waals surface area (Å²) in [5, 5.41) is 2.01. The summed E-state index contributed by atoms with van der Waals surface area (Å²) in [6, 6.07) is 24.8. The second-order valence-corrected chi connectivity index (χ2v) is 8.15. The maximum absolute atomic E-state index is 11.4. The Bertz CT molecular complexity index is 1320. The summed E-state index contributed by atoms with van der Waals surface area (Å²) in [5.74, 6) is 0.